The molecule has 0 fully saturated rings. The summed E-state index contributed by atoms with van der Waals surface area (Å²) >= 11 is 0. The Morgan fingerprint density at radius 1 is 1.33 bits per heavy atom. The van der Waals surface area contributed by atoms with Gasteiger partial charge in [0.1, 0.15) is 5.75 Å². The fourth-order valence-electron chi connectivity index (χ4n) is 2.48. The van der Waals surface area contributed by atoms with Crippen LogP contribution in [0.3, 0.4) is 0 Å². The van der Waals surface area contributed by atoms with E-state index in [4.69, 9.17) is 0 Å². The molecule has 1 aliphatic heterocycles. The number of phenols is 1. The van der Waals surface area contributed by atoms with Gasteiger partial charge in [-0.05, 0) is 25.1 Å². The molecule has 0 unspecified atom stereocenters. The van der Waals surface area contributed by atoms with E-state index >= 15 is 0 Å². The number of amides is 1. The number of aromatic nitrogens is 2. The van der Waals surface area contributed by atoms with E-state index in [-0.39, 0.29) is 11.7 Å². The first-order valence-electron chi connectivity index (χ1n) is 7.62. The smallest absolute Gasteiger partial charge is 0.248 e. The van der Waals surface area contributed by atoms with Crippen LogP contribution in [0.5, 0.6) is 5.75 Å². The Balaban J connectivity index is 1.87. The van der Waals surface area contributed by atoms with Crippen molar-refractivity contribution in [2.24, 2.45) is 0 Å². The van der Waals surface area contributed by atoms with Crippen molar-refractivity contribution < 1.29 is 9.90 Å². The Bertz CT molecular complexity index is 842. The number of carbonyl (C=O) groups is 1. The molecule has 1 amide bonds. The van der Waals surface area contributed by atoms with Crippen LogP contribution < -0.4 is 10.6 Å². The van der Waals surface area contributed by atoms with Crippen molar-refractivity contribution in [3.63, 3.8) is 0 Å². The highest BCUT2D eigenvalue weighted by molar-refractivity contribution is 5.94. The van der Waals surface area contributed by atoms with Crippen molar-refractivity contribution >= 4 is 11.6 Å². The Kier molecular flexibility index (Phi) is 4.29. The standard InChI is InChI=1S/C18H18N4O2/c1-11-14(7-10-20-18(11)24)21-12(2)15-8-9-19-17(22-15)13-5-3-4-6-16(13)23/h3-6,8-9,21,23H,2,7,10H2,1H3,(H,20,24). The van der Waals surface area contributed by atoms with Gasteiger partial charge in [-0.2, -0.15) is 0 Å². The van der Waals surface area contributed by atoms with E-state index in [9.17, 15) is 9.90 Å². The van der Waals surface area contributed by atoms with Crippen molar-refractivity contribution in [1.82, 2.24) is 20.6 Å². The summed E-state index contributed by atoms with van der Waals surface area (Å²) in [5.41, 5.74) is 3.23. The van der Waals surface area contributed by atoms with E-state index in [0.717, 1.165) is 5.70 Å². The fourth-order valence-corrected chi connectivity index (χ4v) is 2.48. The minimum atomic E-state index is -0.0749. The number of rotatable bonds is 4. The number of phenolic OH excluding ortho intramolecular Hbond substituents is 1. The summed E-state index contributed by atoms with van der Waals surface area (Å²) in [4.78, 5) is 20.4. The Morgan fingerprint density at radius 2 is 2.12 bits per heavy atom. The summed E-state index contributed by atoms with van der Waals surface area (Å²) in [6.45, 7) is 6.38. The van der Waals surface area contributed by atoms with Gasteiger partial charge in [0.15, 0.2) is 5.82 Å². The number of para-hydroxylation sites is 1. The van der Waals surface area contributed by atoms with Crippen LogP contribution in [-0.2, 0) is 4.79 Å². The van der Waals surface area contributed by atoms with Crippen molar-refractivity contribution in [3.8, 4) is 17.1 Å². The number of benzene rings is 1. The summed E-state index contributed by atoms with van der Waals surface area (Å²) in [5, 5.41) is 15.9. The number of aromatic hydroxyl groups is 1. The number of hydrogen-bond acceptors (Lipinski definition) is 5. The molecule has 122 valence electrons. The molecule has 3 rings (SSSR count). The number of nitrogens with zero attached hydrogens (tertiary/aromatic N) is 2. The third-order valence-electron chi connectivity index (χ3n) is 3.87. The van der Waals surface area contributed by atoms with E-state index in [0.29, 0.717) is 41.3 Å². The Hall–Kier alpha value is -3.15. The van der Waals surface area contributed by atoms with Crippen molar-refractivity contribution in [2.45, 2.75) is 13.3 Å². The molecule has 24 heavy (non-hydrogen) atoms. The third kappa shape index (κ3) is 3.12. The zero-order chi connectivity index (χ0) is 17.1. The molecule has 0 saturated heterocycles. The van der Waals surface area contributed by atoms with E-state index < -0.39 is 0 Å². The zero-order valence-electron chi connectivity index (χ0n) is 13.3. The highest BCUT2D eigenvalue weighted by Crippen LogP contribution is 2.26. The molecule has 0 bridgehead atoms. The number of carbonyl (C=O) groups excluding carboxylic acids is 1. The van der Waals surface area contributed by atoms with Gasteiger partial charge >= 0.3 is 0 Å². The van der Waals surface area contributed by atoms with Gasteiger partial charge in [0.25, 0.3) is 0 Å². The minimum absolute atomic E-state index is 0.0749. The zero-order valence-corrected chi connectivity index (χ0v) is 13.3. The average Bonchev–Trinajstić information content (AvgIpc) is 2.59. The first-order chi connectivity index (χ1) is 11.6. The highest BCUT2D eigenvalue weighted by atomic mass is 16.3. The summed E-state index contributed by atoms with van der Waals surface area (Å²) in [7, 11) is 0. The number of nitrogens with one attached hydrogen (secondary N) is 2. The largest absolute Gasteiger partial charge is 0.507 e. The molecule has 0 atom stereocenters. The molecule has 2 aromatic rings. The van der Waals surface area contributed by atoms with Gasteiger partial charge in [0.05, 0.1) is 17.0 Å². The Morgan fingerprint density at radius 3 is 2.92 bits per heavy atom. The molecule has 3 N–H and O–H groups in total. The molecule has 6 heteroatoms. The summed E-state index contributed by atoms with van der Waals surface area (Å²) in [5.74, 6) is 0.463. The average molecular weight is 322 g/mol. The predicted octanol–water partition coefficient (Wildman–Crippen LogP) is 2.20. The van der Waals surface area contributed by atoms with Gasteiger partial charge in [0.2, 0.25) is 5.91 Å². The van der Waals surface area contributed by atoms with E-state index in [2.05, 4.69) is 27.2 Å². The summed E-state index contributed by atoms with van der Waals surface area (Å²) in [6, 6.07) is 8.63. The molecule has 0 radical (unpaired) electrons. The Labute approximate surface area is 140 Å². The molecule has 1 aromatic heterocycles. The van der Waals surface area contributed by atoms with Gasteiger partial charge in [0, 0.05) is 30.4 Å². The van der Waals surface area contributed by atoms with Crippen molar-refractivity contribution in [1.29, 1.82) is 0 Å². The van der Waals surface area contributed by atoms with Crippen LogP contribution >= 0.6 is 0 Å². The van der Waals surface area contributed by atoms with E-state index in [1.165, 1.54) is 0 Å². The maximum Gasteiger partial charge on any atom is 0.248 e. The quantitative estimate of drug-likeness (QED) is 0.803. The van der Waals surface area contributed by atoms with E-state index in [1.807, 2.05) is 6.07 Å². The van der Waals surface area contributed by atoms with Crippen molar-refractivity contribution in [3.05, 3.63) is 60.1 Å². The fraction of sp³-hybridized carbons (Fsp3) is 0.167. The maximum absolute atomic E-state index is 11.7. The SMILES string of the molecule is C=C(NC1=C(C)C(=O)NCC1)c1ccnc(-c2ccccc2O)n1. The third-order valence-corrected chi connectivity index (χ3v) is 3.87. The summed E-state index contributed by atoms with van der Waals surface area (Å²) in [6.07, 6.45) is 2.33. The lowest BCUT2D eigenvalue weighted by atomic mass is 10.1. The molecule has 0 saturated carbocycles. The topological polar surface area (TPSA) is 87.1 Å². The van der Waals surface area contributed by atoms with Crippen LogP contribution in [0.25, 0.3) is 17.1 Å². The van der Waals surface area contributed by atoms with Crippen LogP contribution in [0.2, 0.25) is 0 Å². The predicted molar refractivity (Wildman–Crippen MR) is 91.6 cm³/mol. The molecule has 2 heterocycles. The molecular weight excluding hydrogens is 304 g/mol. The van der Waals surface area contributed by atoms with E-state index in [1.54, 1.807) is 37.4 Å². The minimum Gasteiger partial charge on any atom is -0.507 e. The monoisotopic (exact) mass is 322 g/mol. The lowest BCUT2D eigenvalue weighted by molar-refractivity contribution is -0.117. The number of hydrogen-bond donors (Lipinski definition) is 3. The molecule has 0 aliphatic carbocycles. The van der Waals surface area contributed by atoms with Gasteiger partial charge in [-0.3, -0.25) is 4.79 Å². The second-order valence-corrected chi connectivity index (χ2v) is 5.50. The summed E-state index contributed by atoms with van der Waals surface area (Å²) < 4.78 is 0. The normalized spacial score (nSPS) is 14.3. The second-order valence-electron chi connectivity index (χ2n) is 5.50. The first-order valence-corrected chi connectivity index (χ1v) is 7.62. The molecule has 1 aromatic carbocycles. The van der Waals surface area contributed by atoms with Crippen LogP contribution in [-0.4, -0.2) is 27.5 Å². The van der Waals surface area contributed by atoms with Gasteiger partial charge < -0.3 is 15.7 Å². The molecular formula is C18H18N4O2. The first kappa shape index (κ1) is 15.7. The van der Waals surface area contributed by atoms with Gasteiger partial charge in [-0.25, -0.2) is 9.97 Å². The molecule has 6 nitrogen and oxygen atoms in total. The van der Waals surface area contributed by atoms with Crippen LogP contribution in [0.4, 0.5) is 0 Å². The van der Waals surface area contributed by atoms with Crippen LogP contribution in [0.15, 0.2) is 54.4 Å². The second kappa shape index (κ2) is 6.54. The highest BCUT2D eigenvalue weighted by Gasteiger charge is 2.17. The lowest BCUT2D eigenvalue weighted by Crippen LogP contribution is -2.34. The molecule has 1 aliphatic rings. The van der Waals surface area contributed by atoms with Gasteiger partial charge in [-0.1, -0.05) is 18.7 Å². The van der Waals surface area contributed by atoms with Crippen molar-refractivity contribution in [2.75, 3.05) is 6.54 Å². The van der Waals surface area contributed by atoms with Crippen LogP contribution in [0.1, 0.15) is 19.0 Å². The van der Waals surface area contributed by atoms with Gasteiger partial charge in [-0.15, -0.1) is 0 Å². The lowest BCUT2D eigenvalue weighted by Gasteiger charge is -2.20. The maximum atomic E-state index is 11.7. The van der Waals surface area contributed by atoms with Crippen LogP contribution in [0, 0.1) is 0 Å². The molecule has 0 spiro atoms.